The second-order valence-electron chi connectivity index (χ2n) is 5.67. The van der Waals surface area contributed by atoms with Gasteiger partial charge in [-0.1, -0.05) is 0 Å². The Labute approximate surface area is 114 Å². The zero-order valence-corrected chi connectivity index (χ0v) is 12.0. The van der Waals surface area contributed by atoms with E-state index in [1.807, 2.05) is 31.6 Å². The molecule has 0 bridgehead atoms. The minimum absolute atomic E-state index is 0.147. The fourth-order valence-electron chi connectivity index (χ4n) is 2.63. The number of rotatable bonds is 5. The molecule has 1 amide bonds. The van der Waals surface area contributed by atoms with Crippen LogP contribution >= 0.6 is 0 Å². The molecule has 0 atom stereocenters. The third-order valence-electron chi connectivity index (χ3n) is 3.81. The van der Waals surface area contributed by atoms with Gasteiger partial charge in [-0.3, -0.25) is 9.48 Å². The fourth-order valence-corrected chi connectivity index (χ4v) is 2.63. The zero-order chi connectivity index (χ0) is 14.0. The van der Waals surface area contributed by atoms with Crippen molar-refractivity contribution in [3.05, 3.63) is 17.5 Å². The molecule has 0 aromatic carbocycles. The average molecular weight is 265 g/mol. The van der Waals surface area contributed by atoms with E-state index in [1.54, 1.807) is 4.90 Å². The normalized spacial score (nSPS) is 22.1. The summed E-state index contributed by atoms with van der Waals surface area (Å²) in [6.07, 6.45) is 1.99. The molecular formula is C14H23N3O2. The SMILES string of the molecule is Cc1cc(C)n(CCC(=O)N(C)CC2CC(O)C2)n1. The highest BCUT2D eigenvalue weighted by molar-refractivity contribution is 5.75. The lowest BCUT2D eigenvalue weighted by Crippen LogP contribution is -2.39. The maximum atomic E-state index is 12.0. The Bertz CT molecular complexity index is 450. The van der Waals surface area contributed by atoms with Crippen molar-refractivity contribution in [2.24, 2.45) is 5.92 Å². The lowest BCUT2D eigenvalue weighted by atomic mass is 9.82. The van der Waals surface area contributed by atoms with Crippen molar-refractivity contribution in [3.8, 4) is 0 Å². The summed E-state index contributed by atoms with van der Waals surface area (Å²) >= 11 is 0. The molecule has 1 N–H and O–H groups in total. The van der Waals surface area contributed by atoms with Crippen molar-refractivity contribution in [2.75, 3.05) is 13.6 Å². The van der Waals surface area contributed by atoms with E-state index in [4.69, 9.17) is 0 Å². The van der Waals surface area contributed by atoms with E-state index in [-0.39, 0.29) is 12.0 Å². The Hall–Kier alpha value is -1.36. The molecule has 0 aliphatic heterocycles. The number of aryl methyl sites for hydroxylation is 3. The first kappa shape index (κ1) is 14.1. The number of nitrogens with zero attached hydrogens (tertiary/aromatic N) is 3. The number of hydrogen-bond donors (Lipinski definition) is 1. The number of aromatic nitrogens is 2. The Morgan fingerprint density at radius 1 is 1.53 bits per heavy atom. The van der Waals surface area contributed by atoms with Gasteiger partial charge < -0.3 is 10.0 Å². The summed E-state index contributed by atoms with van der Waals surface area (Å²) in [4.78, 5) is 13.8. The van der Waals surface area contributed by atoms with Crippen molar-refractivity contribution in [1.29, 1.82) is 0 Å². The molecular weight excluding hydrogens is 242 g/mol. The van der Waals surface area contributed by atoms with Gasteiger partial charge in [-0.05, 0) is 38.7 Å². The number of aliphatic hydroxyl groups is 1. The molecule has 5 nitrogen and oxygen atoms in total. The van der Waals surface area contributed by atoms with E-state index >= 15 is 0 Å². The van der Waals surface area contributed by atoms with Gasteiger partial charge in [0.15, 0.2) is 0 Å². The van der Waals surface area contributed by atoms with Gasteiger partial charge in [-0.25, -0.2) is 0 Å². The van der Waals surface area contributed by atoms with Crippen molar-refractivity contribution in [3.63, 3.8) is 0 Å². The maximum absolute atomic E-state index is 12.0. The molecule has 1 aromatic rings. The number of aliphatic hydroxyl groups excluding tert-OH is 1. The van der Waals surface area contributed by atoms with Crippen LogP contribution < -0.4 is 0 Å². The predicted molar refractivity (Wildman–Crippen MR) is 72.7 cm³/mol. The minimum atomic E-state index is -0.150. The maximum Gasteiger partial charge on any atom is 0.224 e. The molecule has 1 aliphatic rings. The molecule has 19 heavy (non-hydrogen) atoms. The van der Waals surface area contributed by atoms with Crippen LogP contribution in [0.1, 0.15) is 30.7 Å². The van der Waals surface area contributed by atoms with Crippen LogP contribution in [0, 0.1) is 19.8 Å². The summed E-state index contributed by atoms with van der Waals surface area (Å²) in [5.41, 5.74) is 2.08. The van der Waals surface area contributed by atoms with Crippen LogP contribution in [0.15, 0.2) is 6.07 Å². The standard InChI is InChI=1S/C14H23N3O2/c1-10-6-11(2)17(15-10)5-4-14(19)16(3)9-12-7-13(18)8-12/h6,12-13,18H,4-5,7-9H2,1-3H3. The van der Waals surface area contributed by atoms with Crippen molar-refractivity contribution in [1.82, 2.24) is 14.7 Å². The molecule has 1 saturated carbocycles. The van der Waals surface area contributed by atoms with Crippen LogP contribution in [-0.4, -0.2) is 45.4 Å². The Morgan fingerprint density at radius 3 is 2.74 bits per heavy atom. The predicted octanol–water partition coefficient (Wildman–Crippen LogP) is 1.12. The number of carbonyl (C=O) groups is 1. The third-order valence-corrected chi connectivity index (χ3v) is 3.81. The molecule has 106 valence electrons. The highest BCUT2D eigenvalue weighted by Crippen LogP contribution is 2.27. The van der Waals surface area contributed by atoms with Gasteiger partial charge in [0.05, 0.1) is 11.8 Å². The second-order valence-corrected chi connectivity index (χ2v) is 5.67. The molecule has 0 saturated heterocycles. The van der Waals surface area contributed by atoms with Gasteiger partial charge in [0.1, 0.15) is 0 Å². The van der Waals surface area contributed by atoms with Crippen molar-refractivity contribution < 1.29 is 9.90 Å². The van der Waals surface area contributed by atoms with Crippen LogP contribution in [0.5, 0.6) is 0 Å². The van der Waals surface area contributed by atoms with E-state index in [0.29, 0.717) is 18.9 Å². The van der Waals surface area contributed by atoms with Gasteiger partial charge in [0, 0.05) is 32.3 Å². The third kappa shape index (κ3) is 3.56. The van der Waals surface area contributed by atoms with Gasteiger partial charge in [0.25, 0.3) is 0 Å². The molecule has 5 heteroatoms. The smallest absolute Gasteiger partial charge is 0.224 e. The Balaban J connectivity index is 1.76. The highest BCUT2D eigenvalue weighted by atomic mass is 16.3. The monoisotopic (exact) mass is 265 g/mol. The average Bonchev–Trinajstić information content (AvgIpc) is 2.62. The van der Waals surface area contributed by atoms with Crippen LogP contribution in [0.4, 0.5) is 0 Å². The first-order chi connectivity index (χ1) is 8.95. The first-order valence-corrected chi connectivity index (χ1v) is 6.88. The fraction of sp³-hybridized carbons (Fsp3) is 0.714. The van der Waals surface area contributed by atoms with Gasteiger partial charge in [0.2, 0.25) is 5.91 Å². The van der Waals surface area contributed by atoms with Gasteiger partial charge in [-0.2, -0.15) is 5.10 Å². The van der Waals surface area contributed by atoms with Gasteiger partial charge >= 0.3 is 0 Å². The number of amides is 1. The minimum Gasteiger partial charge on any atom is -0.393 e. The van der Waals surface area contributed by atoms with Crippen LogP contribution in [0.3, 0.4) is 0 Å². The molecule has 0 radical (unpaired) electrons. The summed E-state index contributed by atoms with van der Waals surface area (Å²) in [5, 5.41) is 13.6. The van der Waals surface area contributed by atoms with E-state index in [1.165, 1.54) is 0 Å². The topological polar surface area (TPSA) is 58.4 Å². The summed E-state index contributed by atoms with van der Waals surface area (Å²) in [6.45, 7) is 5.35. The Kier molecular flexibility index (Phi) is 4.24. The van der Waals surface area contributed by atoms with Crippen LogP contribution in [0.2, 0.25) is 0 Å². The summed E-state index contributed by atoms with van der Waals surface area (Å²) < 4.78 is 1.88. The van der Waals surface area contributed by atoms with E-state index in [2.05, 4.69) is 5.10 Å². The van der Waals surface area contributed by atoms with E-state index in [9.17, 15) is 9.90 Å². The molecule has 0 unspecified atom stereocenters. The summed E-state index contributed by atoms with van der Waals surface area (Å²) in [5.74, 6) is 0.617. The molecule has 1 heterocycles. The van der Waals surface area contributed by atoms with Gasteiger partial charge in [-0.15, -0.1) is 0 Å². The second kappa shape index (κ2) is 5.74. The lowest BCUT2D eigenvalue weighted by molar-refractivity contribution is -0.131. The van der Waals surface area contributed by atoms with Crippen LogP contribution in [0.25, 0.3) is 0 Å². The zero-order valence-electron chi connectivity index (χ0n) is 12.0. The molecule has 2 rings (SSSR count). The molecule has 1 fully saturated rings. The first-order valence-electron chi connectivity index (χ1n) is 6.88. The van der Waals surface area contributed by atoms with Crippen LogP contribution in [-0.2, 0) is 11.3 Å². The largest absolute Gasteiger partial charge is 0.393 e. The van der Waals surface area contributed by atoms with Crippen molar-refractivity contribution in [2.45, 2.75) is 45.8 Å². The lowest BCUT2D eigenvalue weighted by Gasteiger charge is -2.34. The highest BCUT2D eigenvalue weighted by Gasteiger charge is 2.28. The Morgan fingerprint density at radius 2 is 2.21 bits per heavy atom. The van der Waals surface area contributed by atoms with Crippen molar-refractivity contribution >= 4 is 5.91 Å². The van der Waals surface area contributed by atoms with E-state index < -0.39 is 0 Å². The quantitative estimate of drug-likeness (QED) is 0.868. The van der Waals surface area contributed by atoms with E-state index in [0.717, 1.165) is 30.8 Å². The summed E-state index contributed by atoms with van der Waals surface area (Å²) in [6, 6.07) is 2.02. The molecule has 1 aliphatic carbocycles. The number of hydrogen-bond acceptors (Lipinski definition) is 3. The molecule has 1 aromatic heterocycles. The summed E-state index contributed by atoms with van der Waals surface area (Å²) in [7, 11) is 1.84. The number of carbonyl (C=O) groups excluding carboxylic acids is 1. The molecule has 0 spiro atoms.